The van der Waals surface area contributed by atoms with E-state index in [0.29, 0.717) is 12.1 Å². The second-order valence-corrected chi connectivity index (χ2v) is 3.03. The fraction of sp³-hybridized carbons (Fsp3) is 0.250. The molecule has 0 spiro atoms. The van der Waals surface area contributed by atoms with Crippen LogP contribution >= 0.6 is 11.6 Å². The molecule has 0 aliphatic carbocycles. The maximum absolute atomic E-state index is 12.8. The maximum Gasteiger partial charge on any atom is 0.419 e. The quantitative estimate of drug-likeness (QED) is 0.734. The first-order chi connectivity index (χ1) is 6.36. The van der Waals surface area contributed by atoms with Gasteiger partial charge in [-0.15, -0.1) is 0 Å². The molecule has 1 nitrogen and oxygen atoms in total. The minimum atomic E-state index is -4.72. The monoisotopic (exact) mass is 227 g/mol. The second-order valence-electron chi connectivity index (χ2n) is 2.63. The lowest BCUT2D eigenvalue weighted by molar-refractivity contribution is -0.140. The third-order valence-corrected chi connectivity index (χ3v) is 2.01. The fourth-order valence-corrected chi connectivity index (χ4v) is 1.19. The summed E-state index contributed by atoms with van der Waals surface area (Å²) in [7, 11) is 0. The Balaban J connectivity index is 3.32. The molecule has 78 valence electrons. The number of hydrogen-bond donors (Lipinski definition) is 1. The Morgan fingerprint density at radius 3 is 2.29 bits per heavy atom. The van der Waals surface area contributed by atoms with Crippen molar-refractivity contribution in [3.05, 3.63) is 34.1 Å². The van der Waals surface area contributed by atoms with E-state index in [1.807, 2.05) is 0 Å². The smallest absolute Gasteiger partial charge is 0.326 e. The summed E-state index contributed by atoms with van der Waals surface area (Å²) in [4.78, 5) is 0. The summed E-state index contributed by atoms with van der Waals surface area (Å²) in [5.41, 5.74) is 3.86. The molecule has 1 aromatic rings. The van der Waals surface area contributed by atoms with Gasteiger partial charge in [-0.25, -0.2) is 4.39 Å². The zero-order valence-corrected chi connectivity index (χ0v) is 7.58. The Morgan fingerprint density at radius 2 is 1.86 bits per heavy atom. The first-order valence-electron chi connectivity index (χ1n) is 3.61. The van der Waals surface area contributed by atoms with E-state index < -0.39 is 17.6 Å². The van der Waals surface area contributed by atoms with Crippen molar-refractivity contribution in [2.24, 2.45) is 5.73 Å². The van der Waals surface area contributed by atoms with Crippen molar-refractivity contribution >= 4 is 11.6 Å². The van der Waals surface area contributed by atoms with Crippen LogP contribution in [0.15, 0.2) is 12.1 Å². The molecule has 0 unspecified atom stereocenters. The predicted molar refractivity (Wildman–Crippen MR) is 44.3 cm³/mol. The molecule has 0 heterocycles. The van der Waals surface area contributed by atoms with Crippen molar-refractivity contribution in [3.8, 4) is 0 Å². The molecule has 1 rings (SSSR count). The van der Waals surface area contributed by atoms with Gasteiger partial charge in [0.1, 0.15) is 5.82 Å². The number of nitrogens with two attached hydrogens (primary N) is 1. The first kappa shape index (κ1) is 11.3. The minimum Gasteiger partial charge on any atom is -0.326 e. The van der Waals surface area contributed by atoms with Crippen LogP contribution in [0.2, 0.25) is 5.02 Å². The molecule has 0 amide bonds. The SMILES string of the molecule is NCc1cc(C(F)(F)F)c(F)cc1Cl. The highest BCUT2D eigenvalue weighted by atomic mass is 35.5. The van der Waals surface area contributed by atoms with E-state index in [2.05, 4.69) is 0 Å². The fourth-order valence-electron chi connectivity index (χ4n) is 0.967. The van der Waals surface area contributed by atoms with Crippen LogP contribution in [0.4, 0.5) is 17.6 Å². The van der Waals surface area contributed by atoms with Crippen LogP contribution in [-0.4, -0.2) is 0 Å². The van der Waals surface area contributed by atoms with E-state index >= 15 is 0 Å². The lowest BCUT2D eigenvalue weighted by atomic mass is 10.1. The maximum atomic E-state index is 12.8. The Labute approximate surface area is 82.5 Å². The van der Waals surface area contributed by atoms with Gasteiger partial charge in [0, 0.05) is 11.6 Å². The van der Waals surface area contributed by atoms with Crippen molar-refractivity contribution < 1.29 is 17.6 Å². The molecule has 2 N–H and O–H groups in total. The number of alkyl halides is 3. The molecule has 0 radical (unpaired) electrons. The highest BCUT2D eigenvalue weighted by Gasteiger charge is 2.34. The molecule has 0 saturated carbocycles. The summed E-state index contributed by atoms with van der Waals surface area (Å²) >= 11 is 5.46. The summed E-state index contributed by atoms with van der Waals surface area (Å²) < 4.78 is 49.3. The van der Waals surface area contributed by atoms with Crippen molar-refractivity contribution in [1.82, 2.24) is 0 Å². The van der Waals surface area contributed by atoms with E-state index in [1.54, 1.807) is 0 Å². The van der Waals surface area contributed by atoms with Crippen molar-refractivity contribution in [2.45, 2.75) is 12.7 Å². The number of benzene rings is 1. The van der Waals surface area contributed by atoms with Gasteiger partial charge in [0.15, 0.2) is 0 Å². The Kier molecular flexibility index (Phi) is 3.01. The lowest BCUT2D eigenvalue weighted by Gasteiger charge is -2.10. The topological polar surface area (TPSA) is 26.0 Å². The highest BCUT2D eigenvalue weighted by molar-refractivity contribution is 6.31. The van der Waals surface area contributed by atoms with Gasteiger partial charge in [0.2, 0.25) is 0 Å². The van der Waals surface area contributed by atoms with E-state index in [4.69, 9.17) is 17.3 Å². The zero-order chi connectivity index (χ0) is 10.9. The molecular weight excluding hydrogens is 222 g/mol. The third-order valence-electron chi connectivity index (χ3n) is 1.66. The van der Waals surface area contributed by atoms with Gasteiger partial charge < -0.3 is 5.73 Å². The predicted octanol–water partition coefficient (Wildman–Crippen LogP) is 2.96. The van der Waals surface area contributed by atoms with Gasteiger partial charge in [-0.3, -0.25) is 0 Å². The molecule has 14 heavy (non-hydrogen) atoms. The summed E-state index contributed by atoms with van der Waals surface area (Å²) in [5, 5.41) is -0.0991. The van der Waals surface area contributed by atoms with Crippen LogP contribution in [0.25, 0.3) is 0 Å². The zero-order valence-electron chi connectivity index (χ0n) is 6.83. The molecule has 0 aliphatic rings. The van der Waals surface area contributed by atoms with Crippen LogP contribution in [0.5, 0.6) is 0 Å². The van der Waals surface area contributed by atoms with Gasteiger partial charge in [-0.05, 0) is 17.7 Å². The van der Waals surface area contributed by atoms with Gasteiger partial charge >= 0.3 is 6.18 Å². The van der Waals surface area contributed by atoms with Gasteiger partial charge in [-0.1, -0.05) is 11.6 Å². The molecule has 0 aliphatic heterocycles. The summed E-state index contributed by atoms with van der Waals surface area (Å²) in [5.74, 6) is -1.39. The molecule has 0 fully saturated rings. The average Bonchev–Trinajstić information content (AvgIpc) is 2.02. The van der Waals surface area contributed by atoms with E-state index in [1.165, 1.54) is 0 Å². The van der Waals surface area contributed by atoms with Crippen LogP contribution in [0.3, 0.4) is 0 Å². The molecule has 0 aromatic heterocycles. The molecule has 0 atom stereocenters. The highest BCUT2D eigenvalue weighted by Crippen LogP contribution is 2.33. The summed E-state index contributed by atoms with van der Waals surface area (Å²) in [6.45, 7) is -0.164. The standard InChI is InChI=1S/C8H6ClF4N/c9-6-2-7(10)5(8(11,12)13)1-4(6)3-14/h1-2H,3,14H2. The van der Waals surface area contributed by atoms with Crippen LogP contribution in [0, 0.1) is 5.82 Å². The van der Waals surface area contributed by atoms with Crippen molar-refractivity contribution in [3.63, 3.8) is 0 Å². The van der Waals surface area contributed by atoms with Gasteiger partial charge in [0.05, 0.1) is 5.56 Å². The molecular formula is C8H6ClF4N. The third kappa shape index (κ3) is 2.16. The molecule has 6 heteroatoms. The molecule has 0 saturated heterocycles. The number of rotatable bonds is 1. The Morgan fingerprint density at radius 1 is 1.29 bits per heavy atom. The normalized spacial score (nSPS) is 11.9. The van der Waals surface area contributed by atoms with Crippen molar-refractivity contribution in [1.29, 1.82) is 0 Å². The minimum absolute atomic E-state index is 0.0698. The Bertz CT molecular complexity index is 348. The van der Waals surface area contributed by atoms with Crippen molar-refractivity contribution in [2.75, 3.05) is 0 Å². The summed E-state index contributed by atoms with van der Waals surface area (Å²) in [6.07, 6.45) is -4.72. The largest absolute Gasteiger partial charge is 0.419 e. The second kappa shape index (κ2) is 3.74. The van der Waals surface area contributed by atoms with E-state index in [0.717, 1.165) is 0 Å². The average molecular weight is 228 g/mol. The first-order valence-corrected chi connectivity index (χ1v) is 3.99. The van der Waals surface area contributed by atoms with E-state index in [9.17, 15) is 17.6 Å². The van der Waals surface area contributed by atoms with Crippen LogP contribution in [0.1, 0.15) is 11.1 Å². The van der Waals surface area contributed by atoms with Crippen LogP contribution in [-0.2, 0) is 12.7 Å². The summed E-state index contributed by atoms with van der Waals surface area (Å²) in [6, 6.07) is 1.24. The Hall–Kier alpha value is -0.810. The molecule has 0 bridgehead atoms. The lowest BCUT2D eigenvalue weighted by Crippen LogP contribution is -2.10. The van der Waals surface area contributed by atoms with Crippen LogP contribution < -0.4 is 5.73 Å². The van der Waals surface area contributed by atoms with E-state index in [-0.39, 0.29) is 17.1 Å². The number of hydrogen-bond acceptors (Lipinski definition) is 1. The number of halogens is 5. The van der Waals surface area contributed by atoms with Gasteiger partial charge in [-0.2, -0.15) is 13.2 Å². The molecule has 1 aromatic carbocycles. The van der Waals surface area contributed by atoms with Gasteiger partial charge in [0.25, 0.3) is 0 Å².